The van der Waals surface area contributed by atoms with Crippen molar-refractivity contribution in [3.63, 3.8) is 0 Å². The average Bonchev–Trinajstić information content (AvgIpc) is 2.44. The van der Waals surface area contributed by atoms with Crippen molar-refractivity contribution in [2.45, 2.75) is 39.7 Å². The van der Waals surface area contributed by atoms with Crippen LogP contribution in [0, 0.1) is 5.41 Å². The Bertz CT molecular complexity index is 819. The van der Waals surface area contributed by atoms with Gasteiger partial charge < -0.3 is 10.3 Å². The van der Waals surface area contributed by atoms with Crippen LogP contribution in [0.15, 0.2) is 39.9 Å². The van der Waals surface area contributed by atoms with Crippen LogP contribution in [0.1, 0.15) is 44.5 Å². The van der Waals surface area contributed by atoms with E-state index < -0.39 is 11.2 Å². The number of rotatable bonds is 5. The van der Waals surface area contributed by atoms with Crippen molar-refractivity contribution in [1.29, 1.82) is 0 Å². The smallest absolute Gasteiger partial charge is 0.325 e. The minimum absolute atomic E-state index is 0.00418. The third kappa shape index (κ3) is 6.23. The van der Waals surface area contributed by atoms with Gasteiger partial charge in [-0.05, 0) is 29.5 Å². The molecule has 25 heavy (non-hydrogen) atoms. The van der Waals surface area contributed by atoms with Gasteiger partial charge in [-0.15, -0.1) is 0 Å². The van der Waals surface area contributed by atoms with E-state index in [-0.39, 0.29) is 29.5 Å². The predicted molar refractivity (Wildman–Crippen MR) is 97.8 cm³/mol. The minimum Gasteiger partial charge on any atom is -0.349 e. The standard InChI is InChI=1S/C18H22ClN3O3/c1-18(2,3)10-14(11-4-6-12(19)7-5-11)21-15(23)8-13-9-16(24)22-17(25)20-13/h4-7,9,14H,8,10H2,1-3H3,(H,21,23)(H2,20,22,24,25). The van der Waals surface area contributed by atoms with Gasteiger partial charge in [-0.2, -0.15) is 0 Å². The molecule has 0 radical (unpaired) electrons. The first-order chi connectivity index (χ1) is 11.6. The van der Waals surface area contributed by atoms with Crippen LogP contribution in [-0.4, -0.2) is 15.9 Å². The van der Waals surface area contributed by atoms with Crippen molar-refractivity contribution in [2.24, 2.45) is 5.41 Å². The average molecular weight is 364 g/mol. The van der Waals surface area contributed by atoms with Crippen LogP contribution < -0.4 is 16.6 Å². The summed E-state index contributed by atoms with van der Waals surface area (Å²) in [6.07, 6.45) is 0.652. The highest BCUT2D eigenvalue weighted by Gasteiger charge is 2.22. The molecule has 2 aromatic rings. The summed E-state index contributed by atoms with van der Waals surface area (Å²) in [6.45, 7) is 6.28. The lowest BCUT2D eigenvalue weighted by Gasteiger charge is -2.27. The summed E-state index contributed by atoms with van der Waals surface area (Å²) < 4.78 is 0. The highest BCUT2D eigenvalue weighted by Crippen LogP contribution is 2.30. The molecular formula is C18H22ClN3O3. The highest BCUT2D eigenvalue weighted by molar-refractivity contribution is 6.30. The molecule has 3 N–H and O–H groups in total. The van der Waals surface area contributed by atoms with Crippen LogP contribution in [0.2, 0.25) is 5.02 Å². The number of H-pyrrole nitrogens is 2. The number of amides is 1. The van der Waals surface area contributed by atoms with E-state index in [2.05, 4.69) is 36.1 Å². The number of aromatic amines is 2. The molecule has 7 heteroatoms. The Morgan fingerprint density at radius 1 is 1.16 bits per heavy atom. The maximum atomic E-state index is 12.4. The lowest BCUT2D eigenvalue weighted by atomic mass is 9.85. The molecule has 1 heterocycles. The van der Waals surface area contributed by atoms with Gasteiger partial charge in [0.25, 0.3) is 5.56 Å². The van der Waals surface area contributed by atoms with Crippen LogP contribution in [0.25, 0.3) is 0 Å². The third-order valence-corrected chi connectivity index (χ3v) is 3.84. The molecule has 6 nitrogen and oxygen atoms in total. The van der Waals surface area contributed by atoms with E-state index in [9.17, 15) is 14.4 Å². The zero-order chi connectivity index (χ0) is 18.6. The molecule has 0 aliphatic rings. The molecule has 1 aromatic heterocycles. The Kier molecular flexibility index (Phi) is 5.85. The van der Waals surface area contributed by atoms with Crippen molar-refractivity contribution in [2.75, 3.05) is 0 Å². The van der Waals surface area contributed by atoms with E-state index in [1.54, 1.807) is 12.1 Å². The fraction of sp³-hybridized carbons (Fsp3) is 0.389. The molecule has 1 unspecified atom stereocenters. The lowest BCUT2D eigenvalue weighted by molar-refractivity contribution is -0.121. The zero-order valence-electron chi connectivity index (χ0n) is 14.5. The summed E-state index contributed by atoms with van der Waals surface area (Å²) in [5, 5.41) is 3.61. The van der Waals surface area contributed by atoms with E-state index in [1.807, 2.05) is 12.1 Å². The topological polar surface area (TPSA) is 94.8 Å². The number of benzene rings is 1. The molecular weight excluding hydrogens is 342 g/mol. The Balaban J connectivity index is 2.17. The summed E-state index contributed by atoms with van der Waals surface area (Å²) in [6, 6.07) is 8.35. The monoisotopic (exact) mass is 363 g/mol. The van der Waals surface area contributed by atoms with Crippen molar-refractivity contribution in [3.8, 4) is 0 Å². The molecule has 1 amide bonds. The Morgan fingerprint density at radius 3 is 2.36 bits per heavy atom. The number of hydrogen-bond donors (Lipinski definition) is 3. The maximum Gasteiger partial charge on any atom is 0.325 e. The fourth-order valence-electron chi connectivity index (χ4n) is 2.59. The van der Waals surface area contributed by atoms with Crippen LogP contribution in [0.3, 0.4) is 0 Å². The third-order valence-electron chi connectivity index (χ3n) is 3.59. The molecule has 1 atom stereocenters. The fourth-order valence-corrected chi connectivity index (χ4v) is 2.72. The van der Waals surface area contributed by atoms with E-state index in [0.717, 1.165) is 12.0 Å². The summed E-state index contributed by atoms with van der Waals surface area (Å²) in [4.78, 5) is 39.6. The van der Waals surface area contributed by atoms with E-state index in [4.69, 9.17) is 11.6 Å². The van der Waals surface area contributed by atoms with Gasteiger partial charge in [0, 0.05) is 16.8 Å². The highest BCUT2D eigenvalue weighted by atomic mass is 35.5. The Hall–Kier alpha value is -2.34. The Labute approximate surface area is 150 Å². The maximum absolute atomic E-state index is 12.4. The first kappa shape index (κ1) is 19.0. The minimum atomic E-state index is -0.626. The Morgan fingerprint density at radius 2 is 1.80 bits per heavy atom. The van der Waals surface area contributed by atoms with Crippen LogP contribution in [0.5, 0.6) is 0 Å². The molecule has 0 bridgehead atoms. The quantitative estimate of drug-likeness (QED) is 0.761. The van der Waals surface area contributed by atoms with Gasteiger partial charge in [0.05, 0.1) is 12.5 Å². The second-order valence-electron chi connectivity index (χ2n) is 7.23. The van der Waals surface area contributed by atoms with Crippen molar-refractivity contribution in [1.82, 2.24) is 15.3 Å². The van der Waals surface area contributed by atoms with Crippen molar-refractivity contribution >= 4 is 17.5 Å². The first-order valence-electron chi connectivity index (χ1n) is 8.00. The number of aromatic nitrogens is 2. The van der Waals surface area contributed by atoms with Crippen molar-refractivity contribution in [3.05, 3.63) is 67.4 Å². The van der Waals surface area contributed by atoms with Gasteiger partial charge in [-0.25, -0.2) is 4.79 Å². The molecule has 0 aliphatic heterocycles. The molecule has 0 aliphatic carbocycles. The summed E-state index contributed by atoms with van der Waals surface area (Å²) in [5.74, 6) is -0.273. The van der Waals surface area contributed by atoms with Crippen molar-refractivity contribution < 1.29 is 4.79 Å². The lowest BCUT2D eigenvalue weighted by Crippen LogP contribution is -2.33. The number of carbonyl (C=O) groups excluding carboxylic acids is 1. The van der Waals surface area contributed by atoms with Gasteiger partial charge in [0.1, 0.15) is 0 Å². The summed E-state index contributed by atoms with van der Waals surface area (Å²) >= 11 is 5.94. The molecule has 0 saturated heterocycles. The SMILES string of the molecule is CC(C)(C)CC(NC(=O)Cc1cc(=O)[nH]c(=O)[nH]1)c1ccc(Cl)cc1. The molecule has 2 rings (SSSR count). The molecule has 134 valence electrons. The second kappa shape index (κ2) is 7.70. The van der Waals surface area contributed by atoms with E-state index in [0.29, 0.717) is 5.02 Å². The largest absolute Gasteiger partial charge is 0.349 e. The number of nitrogens with one attached hydrogen (secondary N) is 3. The zero-order valence-corrected chi connectivity index (χ0v) is 15.2. The number of carbonyl (C=O) groups is 1. The molecule has 1 aromatic carbocycles. The van der Waals surface area contributed by atoms with Gasteiger partial charge in [-0.1, -0.05) is 44.5 Å². The van der Waals surface area contributed by atoms with E-state index in [1.165, 1.54) is 6.07 Å². The van der Waals surface area contributed by atoms with Gasteiger partial charge in [0.15, 0.2) is 0 Å². The second-order valence-corrected chi connectivity index (χ2v) is 7.66. The molecule has 0 saturated carbocycles. The summed E-state index contributed by atoms with van der Waals surface area (Å²) in [7, 11) is 0. The molecule has 0 spiro atoms. The van der Waals surface area contributed by atoms with Crippen LogP contribution in [0.4, 0.5) is 0 Å². The van der Waals surface area contributed by atoms with Gasteiger partial charge in [0.2, 0.25) is 5.91 Å². The normalized spacial score (nSPS) is 12.6. The summed E-state index contributed by atoms with van der Waals surface area (Å²) in [5.41, 5.74) is 0.0640. The van der Waals surface area contributed by atoms with Crippen LogP contribution >= 0.6 is 11.6 Å². The predicted octanol–water partition coefficient (Wildman–Crippen LogP) is 2.55. The molecule has 0 fully saturated rings. The van der Waals surface area contributed by atoms with E-state index >= 15 is 0 Å². The van der Waals surface area contributed by atoms with Gasteiger partial charge >= 0.3 is 5.69 Å². The van der Waals surface area contributed by atoms with Gasteiger partial charge in [-0.3, -0.25) is 14.6 Å². The number of halogens is 1. The van der Waals surface area contributed by atoms with Crippen LogP contribution in [-0.2, 0) is 11.2 Å². The number of hydrogen-bond acceptors (Lipinski definition) is 3. The first-order valence-corrected chi connectivity index (χ1v) is 8.37.